The first kappa shape index (κ1) is 23.1. The van der Waals surface area contributed by atoms with Crippen molar-refractivity contribution in [3.8, 4) is 11.1 Å². The molecule has 9 nitrogen and oxygen atoms in total. The monoisotopic (exact) mass is 418 g/mol. The topological polar surface area (TPSA) is 126 Å². The van der Waals surface area contributed by atoms with Crippen LogP contribution < -0.4 is 11.2 Å². The van der Waals surface area contributed by atoms with Gasteiger partial charge in [0.1, 0.15) is 0 Å². The molecule has 0 fully saturated rings. The molecule has 0 saturated carbocycles. The predicted octanol–water partition coefficient (Wildman–Crippen LogP) is 2.31. The summed E-state index contributed by atoms with van der Waals surface area (Å²) in [6, 6.07) is 6.60. The number of rotatable bonds is 10. The Labute approximate surface area is 174 Å². The summed E-state index contributed by atoms with van der Waals surface area (Å²) < 4.78 is 15.2. The van der Waals surface area contributed by atoms with Crippen LogP contribution in [0, 0.1) is 0 Å². The predicted molar refractivity (Wildman–Crippen MR) is 109 cm³/mol. The number of hydroxylamine groups is 1. The van der Waals surface area contributed by atoms with E-state index >= 15 is 0 Å². The van der Waals surface area contributed by atoms with Crippen LogP contribution in [0.1, 0.15) is 47.1 Å². The van der Waals surface area contributed by atoms with Crippen LogP contribution in [0.3, 0.4) is 0 Å². The van der Waals surface area contributed by atoms with Gasteiger partial charge in [0.15, 0.2) is 6.79 Å². The molecule has 3 N–H and O–H groups in total. The van der Waals surface area contributed by atoms with Gasteiger partial charge in [-0.15, -0.1) is 0 Å². The van der Waals surface area contributed by atoms with Crippen molar-refractivity contribution in [2.75, 3.05) is 32.3 Å². The summed E-state index contributed by atoms with van der Waals surface area (Å²) >= 11 is 0. The van der Waals surface area contributed by atoms with Gasteiger partial charge in [-0.2, -0.15) is 0 Å². The molecule has 0 heterocycles. The lowest BCUT2D eigenvalue weighted by atomic mass is 10.1. The third kappa shape index (κ3) is 5.46. The fourth-order valence-corrected chi connectivity index (χ4v) is 2.89. The molecule has 9 heteroatoms. The molecule has 30 heavy (non-hydrogen) atoms. The maximum absolute atomic E-state index is 12.5. The third-order valence-electron chi connectivity index (χ3n) is 4.15. The highest BCUT2D eigenvalue weighted by atomic mass is 16.8. The summed E-state index contributed by atoms with van der Waals surface area (Å²) in [5, 5.41) is 0. The zero-order chi connectivity index (χ0) is 22.1. The van der Waals surface area contributed by atoms with Gasteiger partial charge in [0, 0.05) is 6.61 Å². The molecule has 0 radical (unpaired) electrons. The van der Waals surface area contributed by atoms with Crippen molar-refractivity contribution in [3.05, 3.63) is 41.0 Å². The van der Waals surface area contributed by atoms with Crippen molar-refractivity contribution in [2.24, 2.45) is 0 Å². The van der Waals surface area contributed by atoms with Crippen LogP contribution in [0.25, 0.3) is 11.1 Å². The quantitative estimate of drug-likeness (QED) is 0.261. The van der Waals surface area contributed by atoms with Crippen molar-refractivity contribution >= 4 is 23.5 Å². The summed E-state index contributed by atoms with van der Waals surface area (Å²) in [6.45, 7) is 5.89. The SMILES string of the molecule is CCOCONC(=O)Cc1ccc2c(C(=O)OCC)c(N)c(C(=O)OCC)c-2cc1. The van der Waals surface area contributed by atoms with Gasteiger partial charge in [-0.1, -0.05) is 24.3 Å². The van der Waals surface area contributed by atoms with E-state index in [2.05, 4.69) is 5.48 Å². The largest absolute Gasteiger partial charge is 0.462 e. The second kappa shape index (κ2) is 11.1. The summed E-state index contributed by atoms with van der Waals surface area (Å²) in [5.74, 6) is -1.65. The van der Waals surface area contributed by atoms with Crippen LogP contribution in [0.2, 0.25) is 0 Å². The number of nitrogens with one attached hydrogen (secondary N) is 1. The average molecular weight is 418 g/mol. The van der Waals surface area contributed by atoms with Crippen molar-refractivity contribution in [1.82, 2.24) is 5.48 Å². The van der Waals surface area contributed by atoms with E-state index in [0.29, 0.717) is 23.3 Å². The molecular weight excluding hydrogens is 392 g/mol. The van der Waals surface area contributed by atoms with Crippen molar-refractivity contribution in [3.63, 3.8) is 0 Å². The molecule has 0 aromatic carbocycles. The van der Waals surface area contributed by atoms with Crippen LogP contribution >= 0.6 is 0 Å². The van der Waals surface area contributed by atoms with Crippen LogP contribution in [-0.2, 0) is 30.3 Å². The Morgan fingerprint density at radius 1 is 0.867 bits per heavy atom. The van der Waals surface area contributed by atoms with Gasteiger partial charge in [0.2, 0.25) is 5.91 Å². The first-order chi connectivity index (χ1) is 14.4. The highest BCUT2D eigenvalue weighted by Crippen LogP contribution is 2.39. The van der Waals surface area contributed by atoms with Crippen molar-refractivity contribution < 1.29 is 33.4 Å². The highest BCUT2D eigenvalue weighted by Gasteiger charge is 2.30. The number of ether oxygens (including phenoxy) is 3. The molecule has 0 aromatic heterocycles. The van der Waals surface area contributed by atoms with Crippen LogP contribution in [0.5, 0.6) is 0 Å². The number of hydrogen-bond acceptors (Lipinski definition) is 8. The Morgan fingerprint density at radius 2 is 1.40 bits per heavy atom. The zero-order valence-electron chi connectivity index (χ0n) is 17.3. The van der Waals surface area contributed by atoms with Crippen LogP contribution in [-0.4, -0.2) is 44.5 Å². The van der Waals surface area contributed by atoms with Gasteiger partial charge in [0.25, 0.3) is 0 Å². The second-order valence-corrected chi connectivity index (χ2v) is 6.13. The van der Waals surface area contributed by atoms with E-state index in [0.717, 1.165) is 0 Å². The summed E-state index contributed by atoms with van der Waals surface area (Å²) in [6.07, 6.45) is 0.0162. The fourth-order valence-electron chi connectivity index (χ4n) is 2.89. The molecule has 0 atom stereocenters. The van der Waals surface area contributed by atoms with E-state index in [1.165, 1.54) is 0 Å². The standard InChI is InChI=1S/C21H26N2O7/c1-4-27-12-30-23-16(24)11-13-7-9-14-15(10-8-13)18(21(26)29-6-3)19(22)17(14)20(25)28-5-2/h7-10H,4-6,11-12,22H2,1-3H3,(H,23,24). The Kier molecular flexibility index (Phi) is 8.57. The number of fused-ring (bicyclic) bond motifs is 1. The number of nitrogens with two attached hydrogens (primary N) is 1. The lowest BCUT2D eigenvalue weighted by molar-refractivity contribution is -0.146. The molecule has 2 rings (SSSR count). The average Bonchev–Trinajstić information content (AvgIpc) is 2.84. The molecule has 2 aliphatic rings. The lowest BCUT2D eigenvalue weighted by Gasteiger charge is -2.05. The molecule has 0 saturated heterocycles. The van der Waals surface area contributed by atoms with E-state index < -0.39 is 11.9 Å². The van der Waals surface area contributed by atoms with Gasteiger partial charge in [0.05, 0.1) is 36.4 Å². The number of nitrogen functional groups attached to an aromatic ring is 1. The minimum atomic E-state index is -0.634. The van der Waals surface area contributed by atoms with Crippen molar-refractivity contribution in [2.45, 2.75) is 27.2 Å². The minimum Gasteiger partial charge on any atom is -0.462 e. The van der Waals surface area contributed by atoms with Crippen LogP contribution in [0.15, 0.2) is 24.3 Å². The zero-order valence-corrected chi connectivity index (χ0v) is 17.3. The molecular formula is C21H26N2O7. The minimum absolute atomic E-state index is 0.0108. The maximum atomic E-state index is 12.5. The first-order valence-electron chi connectivity index (χ1n) is 9.61. The van der Waals surface area contributed by atoms with E-state index in [4.69, 9.17) is 24.8 Å². The van der Waals surface area contributed by atoms with E-state index in [1.807, 2.05) is 6.92 Å². The highest BCUT2D eigenvalue weighted by molar-refractivity contribution is 6.15. The van der Waals surface area contributed by atoms with Crippen LogP contribution in [0.4, 0.5) is 5.69 Å². The Morgan fingerprint density at radius 3 is 1.87 bits per heavy atom. The maximum Gasteiger partial charge on any atom is 0.340 e. The number of hydrogen-bond donors (Lipinski definition) is 2. The Bertz CT molecular complexity index is 826. The molecule has 0 aliphatic heterocycles. The number of anilines is 1. The molecule has 0 bridgehead atoms. The summed E-state index contributed by atoms with van der Waals surface area (Å²) in [7, 11) is 0. The number of amides is 1. The molecule has 0 aromatic rings. The van der Waals surface area contributed by atoms with Gasteiger partial charge in [-0.3, -0.25) is 4.79 Å². The normalized spacial score (nSPS) is 10.6. The number of carbonyl (C=O) groups excluding carboxylic acids is 3. The molecule has 0 unspecified atom stereocenters. The van der Waals surface area contributed by atoms with E-state index in [1.54, 1.807) is 38.1 Å². The number of carbonyl (C=O) groups is 3. The Hall–Kier alpha value is -3.17. The van der Waals surface area contributed by atoms with E-state index in [9.17, 15) is 14.4 Å². The Balaban J connectivity index is 2.39. The van der Waals surface area contributed by atoms with Crippen molar-refractivity contribution in [1.29, 1.82) is 0 Å². The summed E-state index contributed by atoms with van der Waals surface area (Å²) in [4.78, 5) is 41.9. The summed E-state index contributed by atoms with van der Waals surface area (Å²) in [5.41, 5.74) is 10.1. The number of esters is 2. The molecule has 162 valence electrons. The lowest BCUT2D eigenvalue weighted by Crippen LogP contribution is -2.26. The molecule has 2 aliphatic carbocycles. The van der Waals surface area contributed by atoms with E-state index in [-0.39, 0.29) is 49.1 Å². The first-order valence-corrected chi connectivity index (χ1v) is 9.61. The second-order valence-electron chi connectivity index (χ2n) is 6.13. The van der Waals surface area contributed by atoms with Gasteiger partial charge < -0.3 is 19.9 Å². The smallest absolute Gasteiger partial charge is 0.340 e. The molecule has 0 spiro atoms. The fraction of sp³-hybridized carbons (Fsp3) is 0.381. The third-order valence-corrected chi connectivity index (χ3v) is 4.15. The molecule has 1 amide bonds. The van der Waals surface area contributed by atoms with Gasteiger partial charge in [-0.05, 0) is 37.5 Å². The van der Waals surface area contributed by atoms with Gasteiger partial charge >= 0.3 is 11.9 Å². The van der Waals surface area contributed by atoms with Gasteiger partial charge in [-0.25, -0.2) is 19.9 Å².